The third-order valence-electron chi connectivity index (χ3n) is 1.69. The molecule has 0 aromatic rings. The van der Waals surface area contributed by atoms with E-state index in [-0.39, 0.29) is 5.97 Å². The summed E-state index contributed by atoms with van der Waals surface area (Å²) >= 11 is 0. The summed E-state index contributed by atoms with van der Waals surface area (Å²) in [7, 11) is 0. The van der Waals surface area contributed by atoms with E-state index < -0.39 is 0 Å². The first kappa shape index (κ1) is 16.2. The molecule has 15 heavy (non-hydrogen) atoms. The number of carbonyl (C=O) groups is 1. The second-order valence-electron chi connectivity index (χ2n) is 2.90. The third kappa shape index (κ3) is 10.7. The maximum atomic E-state index is 10.4. The normalized spacial score (nSPS) is 8.27. The average Bonchev–Trinajstić information content (AvgIpc) is 2.21. The molecule has 0 N–H and O–H groups in total. The van der Waals surface area contributed by atoms with Gasteiger partial charge in [0.05, 0.1) is 6.61 Å². The number of nitrogens with zero attached hydrogens (tertiary/aromatic N) is 1. The van der Waals surface area contributed by atoms with Gasteiger partial charge in [0, 0.05) is 18.7 Å². The molecular formula is C12H23NO2. The van der Waals surface area contributed by atoms with E-state index in [1.54, 1.807) is 13.8 Å². The van der Waals surface area contributed by atoms with Crippen LogP contribution in [0.3, 0.4) is 0 Å². The van der Waals surface area contributed by atoms with Crippen molar-refractivity contribution in [3.8, 4) is 0 Å². The number of hydrogen-bond acceptors (Lipinski definition) is 3. The smallest absolute Gasteiger partial charge is 0.333 e. The van der Waals surface area contributed by atoms with Crippen LogP contribution in [-0.4, -0.2) is 30.6 Å². The zero-order valence-electron chi connectivity index (χ0n) is 10.4. The van der Waals surface area contributed by atoms with Crippen molar-refractivity contribution in [2.75, 3.05) is 19.7 Å². The Balaban J connectivity index is 0. The number of rotatable bonds is 5. The summed E-state index contributed by atoms with van der Waals surface area (Å²) in [6.45, 7) is 17.2. The summed E-state index contributed by atoms with van der Waals surface area (Å²) in [5.74, 6) is -0.312. The van der Waals surface area contributed by atoms with Crippen LogP contribution in [0.25, 0.3) is 0 Å². The fourth-order valence-electron chi connectivity index (χ4n) is 0.736. The van der Waals surface area contributed by atoms with Gasteiger partial charge in [0.25, 0.3) is 0 Å². The van der Waals surface area contributed by atoms with Gasteiger partial charge >= 0.3 is 5.97 Å². The molecule has 88 valence electrons. The van der Waals surface area contributed by atoms with Gasteiger partial charge in [-0.15, -0.1) is 0 Å². The molecule has 0 aromatic heterocycles. The Labute approximate surface area is 93.4 Å². The fraction of sp³-hybridized carbons (Fsp3) is 0.583. The molecule has 0 heterocycles. The topological polar surface area (TPSA) is 29.5 Å². The van der Waals surface area contributed by atoms with Gasteiger partial charge in [0.2, 0.25) is 0 Å². The molecule has 0 bridgehead atoms. The minimum absolute atomic E-state index is 0.312. The second kappa shape index (κ2) is 10.8. The lowest BCUT2D eigenvalue weighted by atomic mass is 10.4. The molecule has 0 saturated heterocycles. The van der Waals surface area contributed by atoms with Crippen LogP contribution in [0.15, 0.2) is 24.9 Å². The molecule has 0 fully saturated rings. The molecule has 3 heteroatoms. The van der Waals surface area contributed by atoms with Crippen molar-refractivity contribution in [1.82, 2.24) is 4.90 Å². The van der Waals surface area contributed by atoms with Gasteiger partial charge in [-0.1, -0.05) is 13.2 Å². The summed E-state index contributed by atoms with van der Waals surface area (Å²) in [6.07, 6.45) is 1.86. The zero-order valence-corrected chi connectivity index (χ0v) is 10.4. The molecule has 0 aliphatic rings. The van der Waals surface area contributed by atoms with Crippen LogP contribution in [-0.2, 0) is 9.53 Å². The van der Waals surface area contributed by atoms with Crippen LogP contribution >= 0.6 is 0 Å². The van der Waals surface area contributed by atoms with Crippen molar-refractivity contribution in [1.29, 1.82) is 0 Å². The summed E-state index contributed by atoms with van der Waals surface area (Å²) in [5.41, 5.74) is 0.451. The van der Waals surface area contributed by atoms with E-state index in [0.29, 0.717) is 12.2 Å². The summed E-state index contributed by atoms with van der Waals surface area (Å²) in [4.78, 5) is 12.6. The van der Waals surface area contributed by atoms with Crippen LogP contribution in [0, 0.1) is 0 Å². The molecule has 0 aromatic carbocycles. The Bertz CT molecular complexity index is 196. The number of ether oxygens (including phenoxy) is 1. The third-order valence-corrected chi connectivity index (χ3v) is 1.69. The van der Waals surface area contributed by atoms with Crippen LogP contribution in [0.1, 0.15) is 27.7 Å². The van der Waals surface area contributed by atoms with E-state index in [1.165, 1.54) is 0 Å². The van der Waals surface area contributed by atoms with E-state index in [2.05, 4.69) is 36.6 Å². The first-order valence-corrected chi connectivity index (χ1v) is 5.22. The van der Waals surface area contributed by atoms with Gasteiger partial charge in [-0.25, -0.2) is 4.79 Å². The SMILES string of the molecule is C=C(C)C(=O)OCC.C=CN(CC)CC. The van der Waals surface area contributed by atoms with Crippen LogP contribution < -0.4 is 0 Å². The highest BCUT2D eigenvalue weighted by atomic mass is 16.5. The van der Waals surface area contributed by atoms with Gasteiger partial charge < -0.3 is 9.64 Å². The highest BCUT2D eigenvalue weighted by molar-refractivity contribution is 5.86. The molecule has 0 unspecified atom stereocenters. The standard InChI is InChI=1S/C6H13N.C6H10O2/c1-4-7(5-2)6-3;1-4-8-6(7)5(2)3/h4H,1,5-6H2,2-3H3;2,4H2,1,3H3. The minimum atomic E-state index is -0.312. The van der Waals surface area contributed by atoms with Gasteiger partial charge in [-0.05, 0) is 33.9 Å². The highest BCUT2D eigenvalue weighted by Crippen LogP contribution is 1.89. The molecule has 0 spiro atoms. The average molecular weight is 213 g/mol. The van der Waals surface area contributed by atoms with Crippen molar-refractivity contribution in [2.24, 2.45) is 0 Å². The molecular weight excluding hydrogens is 190 g/mol. The molecule has 0 saturated carbocycles. The van der Waals surface area contributed by atoms with Gasteiger partial charge in [0.1, 0.15) is 0 Å². The lowest BCUT2D eigenvalue weighted by molar-refractivity contribution is -0.138. The van der Waals surface area contributed by atoms with Crippen molar-refractivity contribution in [3.63, 3.8) is 0 Å². The molecule has 0 aliphatic heterocycles. The van der Waals surface area contributed by atoms with Crippen molar-refractivity contribution in [2.45, 2.75) is 27.7 Å². The monoisotopic (exact) mass is 213 g/mol. The summed E-state index contributed by atoms with van der Waals surface area (Å²) < 4.78 is 4.56. The van der Waals surface area contributed by atoms with E-state index in [4.69, 9.17) is 0 Å². The van der Waals surface area contributed by atoms with E-state index in [0.717, 1.165) is 13.1 Å². The van der Waals surface area contributed by atoms with Crippen molar-refractivity contribution < 1.29 is 9.53 Å². The van der Waals surface area contributed by atoms with Crippen LogP contribution in [0.4, 0.5) is 0 Å². The largest absolute Gasteiger partial charge is 0.463 e. The molecule has 0 atom stereocenters. The Kier molecular flexibility index (Phi) is 11.7. The van der Waals surface area contributed by atoms with Gasteiger partial charge in [-0.2, -0.15) is 0 Å². The van der Waals surface area contributed by atoms with Gasteiger partial charge in [-0.3, -0.25) is 0 Å². The van der Waals surface area contributed by atoms with E-state index in [9.17, 15) is 4.79 Å². The maximum absolute atomic E-state index is 10.4. The zero-order chi connectivity index (χ0) is 12.3. The number of carbonyl (C=O) groups excluding carboxylic acids is 1. The molecule has 0 aliphatic carbocycles. The maximum Gasteiger partial charge on any atom is 0.333 e. The predicted molar refractivity (Wildman–Crippen MR) is 64.6 cm³/mol. The van der Waals surface area contributed by atoms with E-state index >= 15 is 0 Å². The number of hydrogen-bond donors (Lipinski definition) is 0. The summed E-state index contributed by atoms with van der Waals surface area (Å²) in [5, 5.41) is 0. The Morgan fingerprint density at radius 3 is 1.87 bits per heavy atom. The van der Waals surface area contributed by atoms with E-state index in [1.807, 2.05) is 6.20 Å². The Morgan fingerprint density at radius 2 is 1.80 bits per heavy atom. The first-order valence-electron chi connectivity index (χ1n) is 5.22. The summed E-state index contributed by atoms with van der Waals surface area (Å²) in [6, 6.07) is 0. The van der Waals surface area contributed by atoms with Gasteiger partial charge in [0.15, 0.2) is 0 Å². The Hall–Kier alpha value is -1.25. The van der Waals surface area contributed by atoms with Crippen LogP contribution in [0.5, 0.6) is 0 Å². The van der Waals surface area contributed by atoms with Crippen molar-refractivity contribution in [3.05, 3.63) is 24.9 Å². The second-order valence-corrected chi connectivity index (χ2v) is 2.90. The fourth-order valence-corrected chi connectivity index (χ4v) is 0.736. The minimum Gasteiger partial charge on any atom is -0.463 e. The lowest BCUT2D eigenvalue weighted by Crippen LogP contribution is -2.14. The lowest BCUT2D eigenvalue weighted by Gasteiger charge is -2.12. The molecule has 0 amide bonds. The van der Waals surface area contributed by atoms with Crippen LogP contribution in [0.2, 0.25) is 0 Å². The predicted octanol–water partition coefficient (Wildman–Crippen LogP) is 2.60. The first-order chi connectivity index (χ1) is 7.03. The quantitative estimate of drug-likeness (QED) is 0.519. The van der Waals surface area contributed by atoms with Crippen molar-refractivity contribution >= 4 is 5.97 Å². The number of esters is 1. The Morgan fingerprint density at radius 1 is 1.33 bits per heavy atom. The molecule has 0 radical (unpaired) electrons. The molecule has 0 rings (SSSR count). The molecule has 3 nitrogen and oxygen atoms in total. The highest BCUT2D eigenvalue weighted by Gasteiger charge is 1.98.